The smallest absolute Gasteiger partial charge is 0.274 e. The summed E-state index contributed by atoms with van der Waals surface area (Å²) in [4.78, 5) is 22.5. The Morgan fingerprint density at radius 3 is 2.04 bits per heavy atom. The van der Waals surface area contributed by atoms with Crippen LogP contribution in [0.3, 0.4) is 0 Å². The van der Waals surface area contributed by atoms with Gasteiger partial charge >= 0.3 is 0 Å². The van der Waals surface area contributed by atoms with Gasteiger partial charge in [-0.25, -0.2) is 0 Å². The minimum Gasteiger partial charge on any atom is -0.326 e. The molecule has 1 aromatic rings. The normalized spacial score (nSPS) is 10.7. The van der Waals surface area contributed by atoms with Gasteiger partial charge in [0.2, 0.25) is 5.91 Å². The number of hydrogen-bond acceptors (Lipinski definition) is 3. The molecule has 0 aliphatic carbocycles. The Kier molecular flexibility index (Phi) is 11.3. The van der Waals surface area contributed by atoms with Crippen LogP contribution < -0.4 is 5.32 Å². The first-order chi connectivity index (χ1) is 12.6. The number of hydrogen-bond donors (Lipinski definition) is 1. The van der Waals surface area contributed by atoms with E-state index >= 15 is 0 Å². The van der Waals surface area contributed by atoms with E-state index in [1.165, 1.54) is 63.9 Å². The molecule has 1 aromatic carbocycles. The van der Waals surface area contributed by atoms with Gasteiger partial charge in [-0.2, -0.15) is 0 Å². The standard InChI is InChI=1S/C21H34N2O3/c1-3-4-5-6-7-8-9-10-11-12-13-17-21(24)22-19-15-14-16-20(18(19)2)23(25)26/h14-16H,3-13,17H2,1-2H3,(H,22,24). The van der Waals surface area contributed by atoms with E-state index in [-0.39, 0.29) is 11.6 Å². The third kappa shape index (κ3) is 8.97. The molecule has 5 nitrogen and oxygen atoms in total. The minimum absolute atomic E-state index is 0.0393. The summed E-state index contributed by atoms with van der Waals surface area (Å²) >= 11 is 0. The Hall–Kier alpha value is -1.91. The number of carbonyl (C=O) groups excluding carboxylic acids is 1. The van der Waals surface area contributed by atoms with Gasteiger partial charge in [-0.3, -0.25) is 14.9 Å². The minimum atomic E-state index is -0.422. The van der Waals surface area contributed by atoms with Gasteiger partial charge in [-0.15, -0.1) is 0 Å². The summed E-state index contributed by atoms with van der Waals surface area (Å²) in [7, 11) is 0. The Morgan fingerprint density at radius 1 is 0.962 bits per heavy atom. The number of unbranched alkanes of at least 4 members (excludes halogenated alkanes) is 10. The molecule has 1 rings (SSSR count). The highest BCUT2D eigenvalue weighted by Gasteiger charge is 2.14. The Labute approximate surface area is 157 Å². The van der Waals surface area contributed by atoms with Gasteiger partial charge in [-0.05, 0) is 19.4 Å². The lowest BCUT2D eigenvalue weighted by atomic mass is 10.1. The van der Waals surface area contributed by atoms with Gasteiger partial charge in [0, 0.05) is 12.5 Å². The molecule has 1 N–H and O–H groups in total. The van der Waals surface area contributed by atoms with Gasteiger partial charge < -0.3 is 5.32 Å². The zero-order valence-electron chi connectivity index (χ0n) is 16.4. The first kappa shape index (κ1) is 22.1. The van der Waals surface area contributed by atoms with Crippen LogP contribution in [0, 0.1) is 17.0 Å². The monoisotopic (exact) mass is 362 g/mol. The van der Waals surface area contributed by atoms with Crippen molar-refractivity contribution >= 4 is 17.3 Å². The fraction of sp³-hybridized carbons (Fsp3) is 0.667. The lowest BCUT2D eigenvalue weighted by Crippen LogP contribution is -2.12. The van der Waals surface area contributed by atoms with Crippen LogP contribution in [0.15, 0.2) is 18.2 Å². The molecule has 1 amide bonds. The maximum atomic E-state index is 12.0. The largest absolute Gasteiger partial charge is 0.326 e. The molecule has 0 radical (unpaired) electrons. The Bertz CT molecular complexity index is 558. The van der Waals surface area contributed by atoms with E-state index in [1.54, 1.807) is 19.1 Å². The summed E-state index contributed by atoms with van der Waals surface area (Å²) < 4.78 is 0. The molecule has 0 aliphatic heterocycles. The molecule has 0 spiro atoms. The molecule has 146 valence electrons. The molecule has 0 unspecified atom stereocenters. The van der Waals surface area contributed by atoms with Gasteiger partial charge in [0.1, 0.15) is 0 Å². The van der Waals surface area contributed by atoms with E-state index in [0.29, 0.717) is 17.7 Å². The predicted molar refractivity (Wildman–Crippen MR) is 108 cm³/mol. The molecular formula is C21H34N2O3. The van der Waals surface area contributed by atoms with E-state index in [4.69, 9.17) is 0 Å². The third-order valence-electron chi connectivity index (χ3n) is 4.78. The van der Waals surface area contributed by atoms with Crippen molar-refractivity contribution in [3.05, 3.63) is 33.9 Å². The van der Waals surface area contributed by atoms with Crippen LogP contribution in [-0.4, -0.2) is 10.8 Å². The number of benzene rings is 1. The molecule has 0 saturated heterocycles. The molecule has 26 heavy (non-hydrogen) atoms. The summed E-state index contributed by atoms with van der Waals surface area (Å²) in [5, 5.41) is 13.7. The summed E-state index contributed by atoms with van der Waals surface area (Å²) in [6.07, 6.45) is 14.2. The highest BCUT2D eigenvalue weighted by molar-refractivity contribution is 5.92. The second-order valence-electron chi connectivity index (χ2n) is 7.04. The number of nitro benzene ring substituents is 1. The first-order valence-electron chi connectivity index (χ1n) is 10.1. The highest BCUT2D eigenvalue weighted by atomic mass is 16.6. The van der Waals surface area contributed by atoms with Crippen molar-refractivity contribution in [2.24, 2.45) is 0 Å². The number of nitrogens with one attached hydrogen (secondary N) is 1. The first-order valence-corrected chi connectivity index (χ1v) is 10.1. The van der Waals surface area contributed by atoms with Crippen molar-refractivity contribution in [1.29, 1.82) is 0 Å². The number of rotatable bonds is 14. The number of carbonyl (C=O) groups is 1. The Balaban J connectivity index is 2.11. The number of nitro groups is 1. The van der Waals surface area contributed by atoms with Crippen LogP contribution in [0.4, 0.5) is 11.4 Å². The topological polar surface area (TPSA) is 72.2 Å². The van der Waals surface area contributed by atoms with E-state index in [2.05, 4.69) is 12.2 Å². The van der Waals surface area contributed by atoms with Gasteiger partial charge in [-0.1, -0.05) is 77.2 Å². The average molecular weight is 363 g/mol. The SMILES string of the molecule is CCCCCCCCCCCCCC(=O)Nc1cccc([N+](=O)[O-])c1C. The zero-order chi connectivity index (χ0) is 19.2. The van der Waals surface area contributed by atoms with Crippen molar-refractivity contribution in [3.63, 3.8) is 0 Å². The van der Waals surface area contributed by atoms with Crippen LogP contribution in [0.25, 0.3) is 0 Å². The van der Waals surface area contributed by atoms with Crippen LogP contribution in [-0.2, 0) is 4.79 Å². The van der Waals surface area contributed by atoms with Crippen LogP contribution >= 0.6 is 0 Å². The van der Waals surface area contributed by atoms with Crippen LogP contribution in [0.5, 0.6) is 0 Å². The second-order valence-corrected chi connectivity index (χ2v) is 7.04. The zero-order valence-corrected chi connectivity index (χ0v) is 16.4. The maximum Gasteiger partial charge on any atom is 0.274 e. The predicted octanol–water partition coefficient (Wildman–Crippen LogP) is 6.54. The summed E-state index contributed by atoms with van der Waals surface area (Å²) in [5.74, 6) is -0.0653. The average Bonchev–Trinajstić information content (AvgIpc) is 2.61. The van der Waals surface area contributed by atoms with Crippen LogP contribution in [0.1, 0.15) is 89.5 Å². The van der Waals surface area contributed by atoms with Crippen molar-refractivity contribution in [2.45, 2.75) is 90.9 Å². The van der Waals surface area contributed by atoms with Crippen molar-refractivity contribution in [2.75, 3.05) is 5.32 Å². The molecule has 0 saturated carbocycles. The molecule has 0 heterocycles. The molecule has 0 atom stereocenters. The fourth-order valence-electron chi connectivity index (χ4n) is 3.12. The molecule has 0 fully saturated rings. The quantitative estimate of drug-likeness (QED) is 0.232. The van der Waals surface area contributed by atoms with Crippen molar-refractivity contribution < 1.29 is 9.72 Å². The van der Waals surface area contributed by atoms with E-state index < -0.39 is 4.92 Å². The maximum absolute atomic E-state index is 12.0. The van der Waals surface area contributed by atoms with E-state index in [9.17, 15) is 14.9 Å². The molecule has 0 bridgehead atoms. The number of amides is 1. The molecule has 5 heteroatoms. The van der Waals surface area contributed by atoms with Crippen LogP contribution in [0.2, 0.25) is 0 Å². The van der Waals surface area contributed by atoms with E-state index in [1.807, 2.05) is 0 Å². The summed E-state index contributed by atoms with van der Waals surface area (Å²) in [5.41, 5.74) is 1.08. The van der Waals surface area contributed by atoms with Crippen molar-refractivity contribution in [1.82, 2.24) is 0 Å². The van der Waals surface area contributed by atoms with Gasteiger partial charge in [0.05, 0.1) is 16.2 Å². The fourth-order valence-corrected chi connectivity index (χ4v) is 3.12. The summed E-state index contributed by atoms with van der Waals surface area (Å²) in [6.45, 7) is 3.90. The number of nitrogens with zero attached hydrogens (tertiary/aromatic N) is 1. The second kappa shape index (κ2) is 13.3. The van der Waals surface area contributed by atoms with Gasteiger partial charge in [0.25, 0.3) is 5.69 Å². The van der Waals surface area contributed by atoms with Gasteiger partial charge in [0.15, 0.2) is 0 Å². The molecular weight excluding hydrogens is 328 g/mol. The third-order valence-corrected chi connectivity index (χ3v) is 4.78. The highest BCUT2D eigenvalue weighted by Crippen LogP contribution is 2.25. The Morgan fingerprint density at radius 2 is 1.50 bits per heavy atom. The molecule has 0 aromatic heterocycles. The molecule has 0 aliphatic rings. The lowest BCUT2D eigenvalue weighted by molar-refractivity contribution is -0.385. The summed E-state index contributed by atoms with van der Waals surface area (Å²) in [6, 6.07) is 4.76. The van der Waals surface area contributed by atoms with Crippen molar-refractivity contribution in [3.8, 4) is 0 Å². The lowest BCUT2D eigenvalue weighted by Gasteiger charge is -2.08. The van der Waals surface area contributed by atoms with E-state index in [0.717, 1.165) is 12.8 Å². The number of anilines is 1.